The van der Waals surface area contributed by atoms with Crippen molar-refractivity contribution < 1.29 is 15.3 Å². The Morgan fingerprint density at radius 1 is 1.50 bits per heavy atom. The zero-order chi connectivity index (χ0) is 7.72. The van der Waals surface area contributed by atoms with Gasteiger partial charge in [-0.05, 0) is 7.05 Å². The quantitative estimate of drug-likeness (QED) is 0.402. The van der Waals surface area contributed by atoms with E-state index >= 15 is 0 Å². The van der Waals surface area contributed by atoms with Gasteiger partial charge in [0.05, 0.1) is 24.9 Å². The van der Waals surface area contributed by atoms with Gasteiger partial charge in [-0.3, -0.25) is 4.90 Å². The number of aliphatic hydroxyl groups is 3. The average Bonchev–Trinajstić information content (AvgIpc) is 2.09. The molecule has 0 aromatic heterocycles. The molecule has 0 amide bonds. The van der Waals surface area contributed by atoms with Crippen molar-refractivity contribution in [3.8, 4) is 0 Å². The van der Waals surface area contributed by atoms with Gasteiger partial charge in [-0.15, -0.1) is 0 Å². The Balaban J connectivity index is 2.55. The fourth-order valence-electron chi connectivity index (χ4n) is 1.30. The van der Waals surface area contributed by atoms with Crippen LogP contribution in [0.5, 0.6) is 0 Å². The molecule has 1 heterocycles. The van der Waals surface area contributed by atoms with Crippen LogP contribution >= 0.6 is 0 Å². The molecule has 1 fully saturated rings. The van der Waals surface area contributed by atoms with E-state index in [0.29, 0.717) is 6.54 Å². The zero-order valence-electron chi connectivity index (χ0n) is 5.94. The van der Waals surface area contributed by atoms with Crippen LogP contribution in [0, 0.1) is 0 Å². The fraction of sp³-hybridized carbons (Fsp3) is 1.00. The number of β-amino-alcohol motifs (C(OH)–C–C–N with tert-alkyl or cyclic N) is 1. The number of likely N-dealkylation sites (tertiary alicyclic amines) is 1. The van der Waals surface area contributed by atoms with Crippen molar-refractivity contribution in [3.05, 3.63) is 0 Å². The topological polar surface area (TPSA) is 63.9 Å². The van der Waals surface area contributed by atoms with E-state index in [4.69, 9.17) is 10.2 Å². The van der Waals surface area contributed by atoms with Gasteiger partial charge >= 0.3 is 0 Å². The first-order chi connectivity index (χ1) is 4.66. The third-order valence-electron chi connectivity index (χ3n) is 2.02. The molecular formula is C6H13NO3. The third kappa shape index (κ3) is 1.15. The summed E-state index contributed by atoms with van der Waals surface area (Å²) < 4.78 is 0. The smallest absolute Gasteiger partial charge is 0.0988 e. The lowest BCUT2D eigenvalue weighted by molar-refractivity contribution is 0.0237. The van der Waals surface area contributed by atoms with E-state index in [1.165, 1.54) is 0 Å². The van der Waals surface area contributed by atoms with Gasteiger partial charge in [-0.1, -0.05) is 0 Å². The monoisotopic (exact) mass is 147 g/mol. The molecule has 0 spiro atoms. The van der Waals surface area contributed by atoms with Crippen LogP contribution in [0.1, 0.15) is 0 Å². The summed E-state index contributed by atoms with van der Waals surface area (Å²) in [6.45, 7) is 0.334. The summed E-state index contributed by atoms with van der Waals surface area (Å²) >= 11 is 0. The second kappa shape index (κ2) is 2.84. The van der Waals surface area contributed by atoms with Gasteiger partial charge in [0, 0.05) is 6.54 Å². The van der Waals surface area contributed by atoms with Gasteiger partial charge < -0.3 is 15.3 Å². The van der Waals surface area contributed by atoms with Crippen molar-refractivity contribution in [2.45, 2.75) is 18.2 Å². The van der Waals surface area contributed by atoms with Crippen LogP contribution in [0.15, 0.2) is 0 Å². The second-order valence-corrected chi connectivity index (χ2v) is 2.75. The molecule has 0 radical (unpaired) electrons. The van der Waals surface area contributed by atoms with Crippen LogP contribution in [-0.4, -0.2) is 58.7 Å². The number of likely N-dealkylation sites (N-methyl/N-ethyl adjacent to an activating group) is 1. The molecular weight excluding hydrogens is 134 g/mol. The molecule has 4 nitrogen and oxygen atoms in total. The molecule has 10 heavy (non-hydrogen) atoms. The molecule has 1 aliphatic heterocycles. The van der Waals surface area contributed by atoms with Crippen molar-refractivity contribution in [1.29, 1.82) is 0 Å². The number of rotatable bonds is 1. The van der Waals surface area contributed by atoms with Crippen LogP contribution in [0.2, 0.25) is 0 Å². The number of hydrogen-bond acceptors (Lipinski definition) is 4. The Morgan fingerprint density at radius 2 is 2.10 bits per heavy atom. The second-order valence-electron chi connectivity index (χ2n) is 2.75. The molecule has 1 saturated heterocycles. The van der Waals surface area contributed by atoms with Gasteiger partial charge in [-0.25, -0.2) is 0 Å². The van der Waals surface area contributed by atoms with E-state index in [0.717, 1.165) is 0 Å². The lowest BCUT2D eigenvalue weighted by Gasteiger charge is -2.18. The normalized spacial score (nSPS) is 42.6. The lowest BCUT2D eigenvalue weighted by atomic mass is 10.1. The molecule has 60 valence electrons. The average molecular weight is 147 g/mol. The van der Waals surface area contributed by atoms with E-state index in [1.807, 2.05) is 0 Å². The molecule has 4 heteroatoms. The maximum absolute atomic E-state index is 9.18. The van der Waals surface area contributed by atoms with Crippen LogP contribution in [0.25, 0.3) is 0 Å². The standard InChI is InChI=1S/C6H13NO3/c1-7-2-5(9)6(10)4(7)3-8/h4-6,8-10H,2-3H2,1H3/t4-,5-,6+/m1/s1. The largest absolute Gasteiger partial charge is 0.395 e. The summed E-state index contributed by atoms with van der Waals surface area (Å²) in [5.41, 5.74) is 0. The van der Waals surface area contributed by atoms with Gasteiger partial charge in [0.1, 0.15) is 0 Å². The SMILES string of the molecule is CN1C[C@@H](O)[C@@H](O)[C@H]1CO. The number of nitrogens with zero attached hydrogens (tertiary/aromatic N) is 1. The zero-order valence-corrected chi connectivity index (χ0v) is 5.94. The molecule has 0 bridgehead atoms. The van der Waals surface area contributed by atoms with Crippen LogP contribution in [-0.2, 0) is 0 Å². The maximum atomic E-state index is 9.18. The maximum Gasteiger partial charge on any atom is 0.0988 e. The summed E-state index contributed by atoms with van der Waals surface area (Å²) in [5, 5.41) is 27.0. The molecule has 3 N–H and O–H groups in total. The molecule has 1 aliphatic rings. The molecule has 0 saturated carbocycles. The Labute approximate surface area is 59.7 Å². The summed E-state index contributed by atoms with van der Waals surface area (Å²) in [5.74, 6) is 0. The van der Waals surface area contributed by atoms with Crippen molar-refractivity contribution in [1.82, 2.24) is 4.90 Å². The Hall–Kier alpha value is -0.160. The van der Waals surface area contributed by atoms with E-state index in [9.17, 15) is 5.11 Å². The summed E-state index contributed by atoms with van der Waals surface area (Å²) in [7, 11) is 1.76. The minimum atomic E-state index is -0.796. The summed E-state index contributed by atoms with van der Waals surface area (Å²) in [6.07, 6.45) is -1.50. The minimum absolute atomic E-state index is 0.102. The van der Waals surface area contributed by atoms with Crippen molar-refractivity contribution in [2.75, 3.05) is 20.2 Å². The Kier molecular flexibility index (Phi) is 2.25. The highest BCUT2D eigenvalue weighted by Gasteiger charge is 2.36. The highest BCUT2D eigenvalue weighted by atomic mass is 16.3. The van der Waals surface area contributed by atoms with Crippen LogP contribution in [0.3, 0.4) is 0 Å². The highest BCUT2D eigenvalue weighted by Crippen LogP contribution is 2.15. The van der Waals surface area contributed by atoms with Crippen LogP contribution < -0.4 is 0 Å². The van der Waals surface area contributed by atoms with Gasteiger partial charge in [0.15, 0.2) is 0 Å². The predicted molar refractivity (Wildman–Crippen MR) is 35.5 cm³/mol. The summed E-state index contributed by atoms with van der Waals surface area (Å²) in [6, 6.07) is -0.296. The minimum Gasteiger partial charge on any atom is -0.395 e. The lowest BCUT2D eigenvalue weighted by Crippen LogP contribution is -2.36. The van der Waals surface area contributed by atoms with Crippen molar-refractivity contribution >= 4 is 0 Å². The molecule has 3 atom stereocenters. The van der Waals surface area contributed by atoms with Crippen molar-refractivity contribution in [3.63, 3.8) is 0 Å². The van der Waals surface area contributed by atoms with E-state index in [2.05, 4.69) is 0 Å². The van der Waals surface area contributed by atoms with Crippen LogP contribution in [0.4, 0.5) is 0 Å². The highest BCUT2D eigenvalue weighted by molar-refractivity contribution is 4.90. The molecule has 0 aliphatic carbocycles. The molecule has 0 aromatic rings. The van der Waals surface area contributed by atoms with Gasteiger partial charge in [0.25, 0.3) is 0 Å². The van der Waals surface area contributed by atoms with Gasteiger partial charge in [0.2, 0.25) is 0 Å². The first-order valence-electron chi connectivity index (χ1n) is 3.34. The number of aliphatic hydroxyl groups excluding tert-OH is 3. The van der Waals surface area contributed by atoms with E-state index in [1.54, 1.807) is 11.9 Å². The Morgan fingerprint density at radius 3 is 2.30 bits per heavy atom. The first-order valence-corrected chi connectivity index (χ1v) is 3.34. The molecule has 1 rings (SSSR count). The molecule has 0 unspecified atom stereocenters. The summed E-state index contributed by atoms with van der Waals surface area (Å²) in [4.78, 5) is 1.75. The number of hydrogen-bond donors (Lipinski definition) is 3. The Bertz CT molecular complexity index is 120. The first kappa shape index (κ1) is 7.94. The molecule has 0 aromatic carbocycles. The van der Waals surface area contributed by atoms with E-state index < -0.39 is 12.2 Å². The third-order valence-corrected chi connectivity index (χ3v) is 2.02. The predicted octanol–water partition coefficient (Wildman–Crippen LogP) is -1.99. The fourth-order valence-corrected chi connectivity index (χ4v) is 1.30. The van der Waals surface area contributed by atoms with Gasteiger partial charge in [-0.2, -0.15) is 0 Å². The van der Waals surface area contributed by atoms with Crippen molar-refractivity contribution in [2.24, 2.45) is 0 Å². The van der Waals surface area contributed by atoms with E-state index in [-0.39, 0.29) is 12.6 Å².